The first kappa shape index (κ1) is 14.0. The highest BCUT2D eigenvalue weighted by molar-refractivity contribution is 7.21. The third kappa shape index (κ3) is 2.88. The summed E-state index contributed by atoms with van der Waals surface area (Å²) in [4.78, 5) is 13.1. The van der Waals surface area contributed by atoms with Crippen molar-refractivity contribution in [1.29, 1.82) is 0 Å². The number of rotatable bonds is 4. The predicted molar refractivity (Wildman–Crippen MR) is 85.7 cm³/mol. The Morgan fingerprint density at radius 2 is 1.86 bits per heavy atom. The van der Waals surface area contributed by atoms with Crippen molar-refractivity contribution in [3.63, 3.8) is 0 Å². The molecule has 1 heterocycles. The van der Waals surface area contributed by atoms with Crippen LogP contribution in [-0.2, 0) is 6.42 Å². The summed E-state index contributed by atoms with van der Waals surface area (Å²) >= 11 is 1.34. The molecule has 0 radical (unpaired) electrons. The maximum absolute atomic E-state index is 13.2. The Kier molecular flexibility index (Phi) is 3.84. The molecule has 1 aromatic heterocycles. The summed E-state index contributed by atoms with van der Waals surface area (Å²) in [6.07, 6.45) is 2.12. The van der Waals surface area contributed by atoms with Crippen molar-refractivity contribution < 1.29 is 9.18 Å². The maximum Gasteiger partial charge on any atom is 0.202 e. The Balaban J connectivity index is 1.92. The summed E-state index contributed by atoms with van der Waals surface area (Å²) < 4.78 is 14.0. The van der Waals surface area contributed by atoms with Gasteiger partial charge in [-0.05, 0) is 35.6 Å². The Hall–Kier alpha value is -2.00. The lowest BCUT2D eigenvalue weighted by atomic mass is 10.0. The first-order valence-electron chi connectivity index (χ1n) is 7.00. The van der Waals surface area contributed by atoms with Gasteiger partial charge in [0.15, 0.2) is 0 Å². The number of fused-ring (bicyclic) bond motifs is 1. The molecule has 2 aromatic carbocycles. The zero-order valence-electron chi connectivity index (χ0n) is 11.7. The highest BCUT2D eigenvalue weighted by Crippen LogP contribution is 2.28. The van der Waals surface area contributed by atoms with E-state index < -0.39 is 0 Å². The molecule has 3 rings (SSSR count). The van der Waals surface area contributed by atoms with Gasteiger partial charge >= 0.3 is 0 Å². The van der Waals surface area contributed by atoms with Crippen molar-refractivity contribution in [2.24, 2.45) is 0 Å². The summed E-state index contributed by atoms with van der Waals surface area (Å²) in [5, 5.41) is 0.910. The number of aryl methyl sites for hydroxylation is 1. The lowest BCUT2D eigenvalue weighted by molar-refractivity contribution is 0.104. The monoisotopic (exact) mass is 298 g/mol. The SMILES string of the molecule is CCCc1ccc(C(=O)c2cc3ccc(F)cc3s2)cc1. The van der Waals surface area contributed by atoms with E-state index in [-0.39, 0.29) is 11.6 Å². The number of ketones is 1. The van der Waals surface area contributed by atoms with E-state index in [0.717, 1.165) is 22.9 Å². The van der Waals surface area contributed by atoms with E-state index in [1.54, 1.807) is 6.07 Å². The van der Waals surface area contributed by atoms with Crippen LogP contribution in [-0.4, -0.2) is 5.78 Å². The number of hydrogen-bond donors (Lipinski definition) is 0. The van der Waals surface area contributed by atoms with E-state index in [4.69, 9.17) is 0 Å². The van der Waals surface area contributed by atoms with Crippen LogP contribution in [0.3, 0.4) is 0 Å². The Morgan fingerprint density at radius 3 is 2.57 bits per heavy atom. The van der Waals surface area contributed by atoms with Gasteiger partial charge in [0.1, 0.15) is 5.82 Å². The molecule has 0 spiro atoms. The van der Waals surface area contributed by atoms with Crippen LogP contribution in [0.15, 0.2) is 48.5 Å². The van der Waals surface area contributed by atoms with E-state index in [9.17, 15) is 9.18 Å². The summed E-state index contributed by atoms with van der Waals surface area (Å²) in [7, 11) is 0. The topological polar surface area (TPSA) is 17.1 Å². The third-order valence-electron chi connectivity index (χ3n) is 3.46. The summed E-state index contributed by atoms with van der Waals surface area (Å²) in [6, 6.07) is 14.2. The van der Waals surface area contributed by atoms with Crippen molar-refractivity contribution in [2.45, 2.75) is 19.8 Å². The molecule has 0 aliphatic heterocycles. The smallest absolute Gasteiger partial charge is 0.202 e. The number of hydrogen-bond acceptors (Lipinski definition) is 2. The van der Waals surface area contributed by atoms with Gasteiger partial charge in [-0.15, -0.1) is 11.3 Å². The van der Waals surface area contributed by atoms with Crippen LogP contribution in [0.25, 0.3) is 10.1 Å². The second-order valence-corrected chi connectivity index (χ2v) is 6.15. The highest BCUT2D eigenvalue weighted by Gasteiger charge is 2.13. The lowest BCUT2D eigenvalue weighted by Gasteiger charge is -2.01. The van der Waals surface area contributed by atoms with Gasteiger partial charge in [0.2, 0.25) is 5.78 Å². The molecular formula is C18H15FOS. The van der Waals surface area contributed by atoms with Crippen molar-refractivity contribution >= 4 is 27.2 Å². The van der Waals surface area contributed by atoms with E-state index in [1.807, 2.05) is 30.3 Å². The fourth-order valence-electron chi connectivity index (χ4n) is 2.37. The molecule has 21 heavy (non-hydrogen) atoms. The maximum atomic E-state index is 13.2. The van der Waals surface area contributed by atoms with Crippen LogP contribution < -0.4 is 0 Å². The minimum Gasteiger partial charge on any atom is -0.288 e. The van der Waals surface area contributed by atoms with Crippen LogP contribution in [0, 0.1) is 5.82 Å². The molecule has 0 saturated heterocycles. The fraction of sp³-hybridized carbons (Fsp3) is 0.167. The number of benzene rings is 2. The van der Waals surface area contributed by atoms with E-state index in [1.165, 1.54) is 29.0 Å². The van der Waals surface area contributed by atoms with Crippen molar-refractivity contribution in [3.8, 4) is 0 Å². The molecule has 3 heteroatoms. The van der Waals surface area contributed by atoms with Crippen molar-refractivity contribution in [1.82, 2.24) is 0 Å². The molecular weight excluding hydrogens is 283 g/mol. The van der Waals surface area contributed by atoms with Gasteiger partial charge in [-0.25, -0.2) is 4.39 Å². The molecule has 106 valence electrons. The average Bonchev–Trinajstić information content (AvgIpc) is 2.90. The number of carbonyl (C=O) groups is 1. The van der Waals surface area contributed by atoms with Gasteiger partial charge in [-0.3, -0.25) is 4.79 Å². The minimum absolute atomic E-state index is 0.000318. The van der Waals surface area contributed by atoms with Gasteiger partial charge in [0.05, 0.1) is 4.88 Å². The Morgan fingerprint density at radius 1 is 1.10 bits per heavy atom. The van der Waals surface area contributed by atoms with Crippen LogP contribution in [0.4, 0.5) is 4.39 Å². The molecule has 0 N–H and O–H groups in total. The number of halogens is 1. The highest BCUT2D eigenvalue weighted by atomic mass is 32.1. The number of carbonyl (C=O) groups excluding carboxylic acids is 1. The standard InChI is InChI=1S/C18H15FOS/c1-2-3-12-4-6-13(7-5-12)18(20)17-10-14-8-9-15(19)11-16(14)21-17/h4-11H,2-3H2,1H3. The molecule has 0 unspecified atom stereocenters. The lowest BCUT2D eigenvalue weighted by Crippen LogP contribution is -1.98. The fourth-order valence-corrected chi connectivity index (χ4v) is 3.42. The zero-order valence-corrected chi connectivity index (χ0v) is 12.5. The molecule has 0 aliphatic carbocycles. The second kappa shape index (κ2) is 5.78. The first-order valence-corrected chi connectivity index (χ1v) is 7.82. The van der Waals surface area contributed by atoms with Crippen molar-refractivity contribution in [3.05, 3.63) is 70.4 Å². The predicted octanol–water partition coefficient (Wildman–Crippen LogP) is 5.22. The van der Waals surface area contributed by atoms with E-state index in [2.05, 4.69) is 6.92 Å². The molecule has 3 aromatic rings. The van der Waals surface area contributed by atoms with Crippen molar-refractivity contribution in [2.75, 3.05) is 0 Å². The minimum atomic E-state index is -0.271. The zero-order chi connectivity index (χ0) is 14.8. The average molecular weight is 298 g/mol. The molecule has 0 amide bonds. The van der Waals surface area contributed by atoms with Gasteiger partial charge < -0.3 is 0 Å². The summed E-state index contributed by atoms with van der Waals surface area (Å²) in [5.41, 5.74) is 1.93. The normalized spacial score (nSPS) is 11.0. The van der Waals surface area contributed by atoms with Gasteiger partial charge in [0, 0.05) is 10.3 Å². The quantitative estimate of drug-likeness (QED) is 0.603. The van der Waals surface area contributed by atoms with Crippen LogP contribution >= 0.6 is 11.3 Å². The van der Waals surface area contributed by atoms with Crippen LogP contribution in [0.5, 0.6) is 0 Å². The van der Waals surface area contributed by atoms with E-state index in [0.29, 0.717) is 10.4 Å². The Labute approximate surface area is 127 Å². The summed E-state index contributed by atoms with van der Waals surface area (Å²) in [6.45, 7) is 2.13. The van der Waals surface area contributed by atoms with Gasteiger partial charge in [0.25, 0.3) is 0 Å². The molecule has 1 nitrogen and oxygen atoms in total. The summed E-state index contributed by atoms with van der Waals surface area (Å²) in [5.74, 6) is -0.271. The third-order valence-corrected chi connectivity index (χ3v) is 4.56. The molecule has 0 saturated carbocycles. The molecule has 0 fully saturated rings. The molecule has 0 aliphatic rings. The Bertz CT molecular complexity index is 787. The van der Waals surface area contributed by atoms with Gasteiger partial charge in [-0.1, -0.05) is 43.7 Å². The van der Waals surface area contributed by atoms with Crippen LogP contribution in [0.2, 0.25) is 0 Å². The molecule has 0 bridgehead atoms. The van der Waals surface area contributed by atoms with Crippen LogP contribution in [0.1, 0.15) is 34.1 Å². The van der Waals surface area contributed by atoms with Gasteiger partial charge in [-0.2, -0.15) is 0 Å². The number of thiophene rings is 1. The largest absolute Gasteiger partial charge is 0.288 e. The second-order valence-electron chi connectivity index (χ2n) is 5.07. The first-order chi connectivity index (χ1) is 10.2. The van der Waals surface area contributed by atoms with E-state index >= 15 is 0 Å². The molecule has 0 atom stereocenters.